The third-order valence-electron chi connectivity index (χ3n) is 3.20. The summed E-state index contributed by atoms with van der Waals surface area (Å²) in [6, 6.07) is 6.02. The number of ether oxygens (including phenoxy) is 2. The summed E-state index contributed by atoms with van der Waals surface area (Å²) in [5.41, 5.74) is 2.28. The Morgan fingerprint density at radius 1 is 1.38 bits per heavy atom. The Kier molecular flexibility index (Phi) is 5.64. The predicted octanol–water partition coefficient (Wildman–Crippen LogP) is 2.53. The summed E-state index contributed by atoms with van der Waals surface area (Å²) in [7, 11) is 5.50. The van der Waals surface area contributed by atoms with Crippen LogP contribution in [0.5, 0.6) is 11.5 Å². The maximum absolute atomic E-state index is 5.89. The van der Waals surface area contributed by atoms with Crippen LogP contribution in [0.4, 0.5) is 0 Å². The zero-order valence-electron chi connectivity index (χ0n) is 12.5. The lowest BCUT2D eigenvalue weighted by Gasteiger charge is -2.14. The highest BCUT2D eigenvalue weighted by atomic mass is 79.9. The minimum atomic E-state index is 0.569. The lowest BCUT2D eigenvalue weighted by Crippen LogP contribution is -2.08. The molecule has 0 saturated carbocycles. The highest BCUT2D eigenvalue weighted by Gasteiger charge is 2.12. The number of methoxy groups -OCH3 is 1. The van der Waals surface area contributed by atoms with Crippen molar-refractivity contribution in [1.82, 2.24) is 15.1 Å². The summed E-state index contributed by atoms with van der Waals surface area (Å²) in [5, 5.41) is 7.27. The smallest absolute Gasteiger partial charge is 0.175 e. The van der Waals surface area contributed by atoms with Gasteiger partial charge in [0.05, 0.1) is 18.2 Å². The molecule has 0 saturated heterocycles. The fourth-order valence-corrected chi connectivity index (χ4v) is 2.73. The van der Waals surface area contributed by atoms with Crippen LogP contribution >= 0.6 is 15.9 Å². The average Bonchev–Trinajstić information content (AvgIpc) is 2.86. The minimum Gasteiger partial charge on any atom is -0.493 e. The van der Waals surface area contributed by atoms with E-state index < -0.39 is 0 Å². The number of aryl methyl sites for hydroxylation is 1. The van der Waals surface area contributed by atoms with Gasteiger partial charge < -0.3 is 14.8 Å². The highest BCUT2D eigenvalue weighted by molar-refractivity contribution is 9.10. The van der Waals surface area contributed by atoms with Gasteiger partial charge in [-0.3, -0.25) is 4.68 Å². The molecule has 1 aromatic heterocycles. The molecule has 1 aromatic carbocycles. The molecule has 2 rings (SSSR count). The summed E-state index contributed by atoms with van der Waals surface area (Å²) >= 11 is 3.55. The van der Waals surface area contributed by atoms with Crippen molar-refractivity contribution in [2.75, 3.05) is 20.8 Å². The number of hydrogen-bond donors (Lipinski definition) is 1. The van der Waals surface area contributed by atoms with Gasteiger partial charge in [0.2, 0.25) is 0 Å². The van der Waals surface area contributed by atoms with E-state index in [0.717, 1.165) is 40.2 Å². The molecule has 0 aliphatic carbocycles. The second-order valence-corrected chi connectivity index (χ2v) is 5.54. The Morgan fingerprint density at radius 2 is 2.19 bits per heavy atom. The molecule has 21 heavy (non-hydrogen) atoms. The van der Waals surface area contributed by atoms with E-state index in [9.17, 15) is 0 Å². The van der Waals surface area contributed by atoms with Gasteiger partial charge in [0.15, 0.2) is 11.5 Å². The Hall–Kier alpha value is -1.53. The Bertz CT molecular complexity index is 599. The topological polar surface area (TPSA) is 48.3 Å². The van der Waals surface area contributed by atoms with E-state index in [-0.39, 0.29) is 0 Å². The van der Waals surface area contributed by atoms with Gasteiger partial charge in [0.1, 0.15) is 0 Å². The third kappa shape index (κ3) is 3.98. The summed E-state index contributed by atoms with van der Waals surface area (Å²) in [6.07, 6.45) is 2.59. The fourth-order valence-electron chi connectivity index (χ4n) is 2.12. The predicted molar refractivity (Wildman–Crippen MR) is 85.9 cm³/mol. The van der Waals surface area contributed by atoms with Crippen molar-refractivity contribution in [3.05, 3.63) is 40.1 Å². The van der Waals surface area contributed by atoms with Crippen molar-refractivity contribution in [2.24, 2.45) is 7.05 Å². The molecule has 0 spiro atoms. The van der Waals surface area contributed by atoms with Crippen molar-refractivity contribution in [3.8, 4) is 11.5 Å². The first kappa shape index (κ1) is 15.9. The molecule has 0 unspecified atom stereocenters. The molecular weight excluding hydrogens is 334 g/mol. The molecule has 0 amide bonds. The number of aromatic nitrogens is 2. The van der Waals surface area contributed by atoms with E-state index in [1.165, 1.54) is 0 Å². The van der Waals surface area contributed by atoms with Gasteiger partial charge in [-0.25, -0.2) is 0 Å². The van der Waals surface area contributed by atoms with Gasteiger partial charge in [-0.15, -0.1) is 0 Å². The maximum Gasteiger partial charge on any atom is 0.175 e. The normalized spacial score (nSPS) is 10.7. The summed E-state index contributed by atoms with van der Waals surface area (Å²) in [6.45, 7) is 1.35. The van der Waals surface area contributed by atoms with Crippen molar-refractivity contribution >= 4 is 15.9 Å². The number of benzene rings is 1. The van der Waals surface area contributed by atoms with Gasteiger partial charge >= 0.3 is 0 Å². The van der Waals surface area contributed by atoms with Crippen LogP contribution in [-0.4, -0.2) is 30.5 Å². The molecule has 114 valence electrons. The van der Waals surface area contributed by atoms with Crippen LogP contribution in [0.2, 0.25) is 0 Å². The van der Waals surface area contributed by atoms with E-state index in [1.807, 2.05) is 37.0 Å². The number of halogens is 1. The van der Waals surface area contributed by atoms with Crippen LogP contribution in [0.15, 0.2) is 28.9 Å². The molecular formula is C15H20BrN3O2. The van der Waals surface area contributed by atoms with Crippen LogP contribution in [0.3, 0.4) is 0 Å². The van der Waals surface area contributed by atoms with E-state index in [1.54, 1.807) is 13.3 Å². The van der Waals surface area contributed by atoms with Crippen molar-refractivity contribution in [2.45, 2.75) is 13.0 Å². The monoisotopic (exact) mass is 353 g/mol. The maximum atomic E-state index is 5.89. The first-order chi connectivity index (χ1) is 10.2. The second kappa shape index (κ2) is 7.47. The van der Waals surface area contributed by atoms with Crippen LogP contribution < -0.4 is 14.8 Å². The van der Waals surface area contributed by atoms with E-state index in [2.05, 4.69) is 26.3 Å². The SMILES string of the molecule is CNCc1cc(Br)c(OCCc2ccnn2C)c(OC)c1. The van der Waals surface area contributed by atoms with Crippen LogP contribution in [-0.2, 0) is 20.0 Å². The molecule has 0 radical (unpaired) electrons. The van der Waals surface area contributed by atoms with E-state index in [0.29, 0.717) is 6.61 Å². The van der Waals surface area contributed by atoms with Gasteiger partial charge in [-0.2, -0.15) is 5.10 Å². The van der Waals surface area contributed by atoms with Crippen molar-refractivity contribution < 1.29 is 9.47 Å². The summed E-state index contributed by atoms with van der Waals surface area (Å²) in [5.74, 6) is 1.47. The van der Waals surface area contributed by atoms with E-state index >= 15 is 0 Å². The Morgan fingerprint density at radius 3 is 2.81 bits per heavy atom. The Balaban J connectivity index is 2.06. The molecule has 2 aromatic rings. The van der Waals surface area contributed by atoms with Gasteiger partial charge in [-0.05, 0) is 46.7 Å². The molecule has 0 bridgehead atoms. The third-order valence-corrected chi connectivity index (χ3v) is 3.79. The lowest BCUT2D eigenvalue weighted by atomic mass is 10.2. The van der Waals surface area contributed by atoms with E-state index in [4.69, 9.17) is 9.47 Å². The quantitative estimate of drug-likeness (QED) is 0.830. The molecule has 5 nitrogen and oxygen atoms in total. The number of hydrogen-bond acceptors (Lipinski definition) is 4. The molecule has 1 heterocycles. The first-order valence-corrected chi connectivity index (χ1v) is 7.55. The first-order valence-electron chi connectivity index (χ1n) is 6.76. The number of nitrogens with one attached hydrogen (secondary N) is 1. The number of nitrogens with zero attached hydrogens (tertiary/aromatic N) is 2. The van der Waals surface area contributed by atoms with Gasteiger partial charge in [-0.1, -0.05) is 0 Å². The average molecular weight is 354 g/mol. The minimum absolute atomic E-state index is 0.569. The zero-order chi connectivity index (χ0) is 15.2. The molecule has 6 heteroatoms. The standard InChI is InChI=1S/C15H20BrN3O2/c1-17-10-11-8-13(16)15(14(9-11)20-3)21-7-5-12-4-6-18-19(12)2/h4,6,8-9,17H,5,7,10H2,1-3H3. The lowest BCUT2D eigenvalue weighted by molar-refractivity contribution is 0.293. The largest absolute Gasteiger partial charge is 0.493 e. The molecule has 0 fully saturated rings. The second-order valence-electron chi connectivity index (χ2n) is 4.68. The summed E-state index contributed by atoms with van der Waals surface area (Å²) < 4.78 is 14.1. The van der Waals surface area contributed by atoms with Gasteiger partial charge in [0, 0.05) is 31.9 Å². The fraction of sp³-hybridized carbons (Fsp3) is 0.400. The van der Waals surface area contributed by atoms with Crippen LogP contribution in [0.1, 0.15) is 11.3 Å². The van der Waals surface area contributed by atoms with Gasteiger partial charge in [0.25, 0.3) is 0 Å². The number of rotatable bonds is 7. The Labute approximate surface area is 133 Å². The summed E-state index contributed by atoms with van der Waals surface area (Å²) in [4.78, 5) is 0. The molecule has 0 atom stereocenters. The van der Waals surface area contributed by atoms with Crippen LogP contribution in [0, 0.1) is 0 Å². The zero-order valence-corrected chi connectivity index (χ0v) is 14.1. The highest BCUT2D eigenvalue weighted by Crippen LogP contribution is 2.36. The molecule has 0 aliphatic heterocycles. The molecule has 0 aliphatic rings. The molecule has 1 N–H and O–H groups in total. The van der Waals surface area contributed by atoms with Crippen molar-refractivity contribution in [1.29, 1.82) is 0 Å². The van der Waals surface area contributed by atoms with Crippen LogP contribution in [0.25, 0.3) is 0 Å². The van der Waals surface area contributed by atoms with Crippen molar-refractivity contribution in [3.63, 3.8) is 0 Å².